The van der Waals surface area contributed by atoms with Gasteiger partial charge in [0, 0.05) is 28.9 Å². The fourth-order valence-corrected chi connectivity index (χ4v) is 2.44. The summed E-state index contributed by atoms with van der Waals surface area (Å²) in [6, 6.07) is 9.98. The van der Waals surface area contributed by atoms with E-state index in [1.54, 1.807) is 19.2 Å². The number of rotatable bonds is 3. The number of H-pyrrole nitrogens is 1. The number of benzene rings is 1. The Morgan fingerprint density at radius 2 is 2.14 bits per heavy atom. The number of hydrogen-bond acceptors (Lipinski definition) is 3. The Hall–Kier alpha value is -3.02. The van der Waals surface area contributed by atoms with Crippen LogP contribution in [0.2, 0.25) is 0 Å². The number of fused-ring (bicyclic) bond motifs is 1. The minimum atomic E-state index is -0.410. The van der Waals surface area contributed by atoms with E-state index in [9.17, 15) is 14.7 Å². The second-order valence-electron chi connectivity index (χ2n) is 5.07. The van der Waals surface area contributed by atoms with Gasteiger partial charge in [-0.25, -0.2) is 0 Å². The van der Waals surface area contributed by atoms with Gasteiger partial charge < -0.3 is 20.0 Å². The topological polar surface area (TPSA) is 87.1 Å². The van der Waals surface area contributed by atoms with Crippen molar-refractivity contribution in [3.05, 3.63) is 58.6 Å². The normalized spacial score (nSPS) is 10.8. The molecule has 3 N–H and O–H groups in total. The number of aromatic hydroxyl groups is 1. The number of carbonyl (C=O) groups excluding carboxylic acids is 1. The maximum atomic E-state index is 12.2. The van der Waals surface area contributed by atoms with Crippen LogP contribution in [0.25, 0.3) is 10.9 Å². The number of pyridine rings is 1. The number of nitrogens with zero attached hydrogens (tertiary/aromatic N) is 1. The minimum Gasteiger partial charge on any atom is -0.508 e. The number of aryl methyl sites for hydroxylation is 1. The van der Waals surface area contributed by atoms with Crippen LogP contribution in [0.5, 0.6) is 5.75 Å². The number of aromatic amines is 1. The highest BCUT2D eigenvalue weighted by molar-refractivity contribution is 6.01. The molecule has 0 aliphatic carbocycles. The van der Waals surface area contributed by atoms with Crippen molar-refractivity contribution in [1.29, 1.82) is 0 Å². The van der Waals surface area contributed by atoms with Crippen LogP contribution in [0.15, 0.2) is 47.4 Å². The molecule has 112 valence electrons. The molecule has 0 saturated carbocycles. The first-order valence-electron chi connectivity index (χ1n) is 6.81. The maximum absolute atomic E-state index is 12.2. The molecule has 0 radical (unpaired) electrons. The molecule has 2 heterocycles. The van der Waals surface area contributed by atoms with Crippen molar-refractivity contribution in [3.63, 3.8) is 0 Å². The lowest BCUT2D eigenvalue weighted by Crippen LogP contribution is -2.28. The first-order chi connectivity index (χ1) is 10.5. The van der Waals surface area contributed by atoms with E-state index in [0.717, 1.165) is 17.0 Å². The van der Waals surface area contributed by atoms with E-state index in [-0.39, 0.29) is 18.2 Å². The molecular formula is C16H15N3O3. The molecule has 22 heavy (non-hydrogen) atoms. The van der Waals surface area contributed by atoms with Crippen LogP contribution in [-0.4, -0.2) is 20.6 Å². The van der Waals surface area contributed by atoms with Gasteiger partial charge in [0.05, 0.1) is 5.69 Å². The van der Waals surface area contributed by atoms with E-state index >= 15 is 0 Å². The van der Waals surface area contributed by atoms with Gasteiger partial charge in [0.1, 0.15) is 12.3 Å². The summed E-state index contributed by atoms with van der Waals surface area (Å²) in [5.41, 5.74) is 1.73. The average molecular weight is 297 g/mol. The van der Waals surface area contributed by atoms with Crippen molar-refractivity contribution >= 4 is 22.5 Å². The lowest BCUT2D eigenvalue weighted by Gasteiger charge is -2.11. The smallest absolute Gasteiger partial charge is 0.254 e. The van der Waals surface area contributed by atoms with E-state index in [0.29, 0.717) is 11.4 Å². The molecule has 6 nitrogen and oxygen atoms in total. The summed E-state index contributed by atoms with van der Waals surface area (Å²) in [5.74, 6) is -0.402. The molecule has 0 fully saturated rings. The minimum absolute atomic E-state index is 0.101. The maximum Gasteiger partial charge on any atom is 0.254 e. The second-order valence-corrected chi connectivity index (χ2v) is 5.07. The molecule has 3 aromatic rings. The summed E-state index contributed by atoms with van der Waals surface area (Å²) in [7, 11) is 0. The van der Waals surface area contributed by atoms with Crippen molar-refractivity contribution in [2.24, 2.45) is 0 Å². The molecule has 1 aromatic carbocycles. The molecule has 6 heteroatoms. The van der Waals surface area contributed by atoms with E-state index in [1.807, 2.05) is 18.2 Å². The number of aromatic nitrogens is 2. The van der Waals surface area contributed by atoms with Gasteiger partial charge in [-0.1, -0.05) is 6.07 Å². The molecular weight excluding hydrogens is 282 g/mol. The Balaban J connectivity index is 1.84. The van der Waals surface area contributed by atoms with Crippen LogP contribution >= 0.6 is 0 Å². The summed E-state index contributed by atoms with van der Waals surface area (Å²) in [6.07, 6.45) is 1.80. The summed E-state index contributed by atoms with van der Waals surface area (Å²) in [4.78, 5) is 27.1. The highest BCUT2D eigenvalue weighted by Gasteiger charge is 2.10. The Morgan fingerprint density at radius 3 is 2.91 bits per heavy atom. The third-order valence-corrected chi connectivity index (χ3v) is 3.49. The van der Waals surface area contributed by atoms with E-state index in [1.165, 1.54) is 10.6 Å². The fraction of sp³-hybridized carbons (Fsp3) is 0.125. The van der Waals surface area contributed by atoms with Crippen molar-refractivity contribution < 1.29 is 9.90 Å². The molecule has 0 bridgehead atoms. The molecule has 0 atom stereocenters. The Kier molecular flexibility index (Phi) is 3.42. The SMILES string of the molecule is Cc1cc(O)cc(=O)n1CC(=O)Nc1cccc2[nH]ccc12. The number of nitrogens with one attached hydrogen (secondary N) is 2. The van der Waals surface area contributed by atoms with Crippen molar-refractivity contribution in [3.8, 4) is 5.75 Å². The Morgan fingerprint density at radius 1 is 1.32 bits per heavy atom. The van der Waals surface area contributed by atoms with E-state index in [4.69, 9.17) is 0 Å². The third-order valence-electron chi connectivity index (χ3n) is 3.49. The lowest BCUT2D eigenvalue weighted by molar-refractivity contribution is -0.116. The molecule has 0 saturated heterocycles. The third kappa shape index (κ3) is 2.58. The van der Waals surface area contributed by atoms with Gasteiger partial charge in [-0.3, -0.25) is 9.59 Å². The summed E-state index contributed by atoms with van der Waals surface area (Å²) in [6.45, 7) is 1.56. The largest absolute Gasteiger partial charge is 0.508 e. The van der Waals surface area contributed by atoms with Crippen LogP contribution < -0.4 is 10.9 Å². The first kappa shape index (κ1) is 13.9. The van der Waals surface area contributed by atoms with Crippen LogP contribution in [0.4, 0.5) is 5.69 Å². The summed E-state index contributed by atoms with van der Waals surface area (Å²) >= 11 is 0. The van der Waals surface area contributed by atoms with Gasteiger partial charge in [0.25, 0.3) is 5.56 Å². The standard InChI is InChI=1S/C16H15N3O3/c1-10-7-11(20)8-16(22)19(10)9-15(21)18-14-4-2-3-13-12(14)5-6-17-13/h2-8,17,20H,9H2,1H3,(H,18,21). The van der Waals surface area contributed by atoms with Crippen molar-refractivity contribution in [1.82, 2.24) is 9.55 Å². The fourth-order valence-electron chi connectivity index (χ4n) is 2.44. The predicted molar refractivity (Wildman–Crippen MR) is 84.0 cm³/mol. The van der Waals surface area contributed by atoms with E-state index in [2.05, 4.69) is 10.3 Å². The van der Waals surface area contributed by atoms with Gasteiger partial charge in [0.2, 0.25) is 5.91 Å². The molecule has 0 unspecified atom stereocenters. The molecule has 1 amide bonds. The number of hydrogen-bond donors (Lipinski definition) is 3. The van der Waals surface area contributed by atoms with Crippen LogP contribution in [0.1, 0.15) is 5.69 Å². The van der Waals surface area contributed by atoms with Gasteiger partial charge >= 0.3 is 0 Å². The van der Waals surface area contributed by atoms with Gasteiger partial charge in [-0.05, 0) is 31.2 Å². The first-order valence-corrected chi connectivity index (χ1v) is 6.81. The van der Waals surface area contributed by atoms with Crippen molar-refractivity contribution in [2.45, 2.75) is 13.5 Å². The van der Waals surface area contributed by atoms with Crippen molar-refractivity contribution in [2.75, 3.05) is 5.32 Å². The van der Waals surface area contributed by atoms with Gasteiger partial charge in [-0.15, -0.1) is 0 Å². The summed E-state index contributed by atoms with van der Waals surface area (Å²) < 4.78 is 1.31. The molecule has 0 aliphatic rings. The molecule has 3 rings (SSSR count). The van der Waals surface area contributed by atoms with Crippen LogP contribution in [-0.2, 0) is 11.3 Å². The molecule has 2 aromatic heterocycles. The molecule has 0 spiro atoms. The Labute approximate surface area is 126 Å². The Bertz CT molecular complexity index is 908. The highest BCUT2D eigenvalue weighted by Crippen LogP contribution is 2.22. The number of carbonyl (C=O) groups is 1. The zero-order valence-electron chi connectivity index (χ0n) is 12.0. The van der Waals surface area contributed by atoms with Crippen LogP contribution in [0, 0.1) is 6.92 Å². The molecule has 0 aliphatic heterocycles. The monoisotopic (exact) mass is 297 g/mol. The lowest BCUT2D eigenvalue weighted by atomic mass is 10.2. The van der Waals surface area contributed by atoms with Gasteiger partial charge in [0.15, 0.2) is 0 Å². The second kappa shape index (κ2) is 5.40. The van der Waals surface area contributed by atoms with E-state index < -0.39 is 5.56 Å². The highest BCUT2D eigenvalue weighted by atomic mass is 16.3. The zero-order valence-corrected chi connectivity index (χ0v) is 12.0. The predicted octanol–water partition coefficient (Wildman–Crippen LogP) is 1.98. The average Bonchev–Trinajstić information content (AvgIpc) is 2.92. The summed E-state index contributed by atoms with van der Waals surface area (Å²) in [5, 5.41) is 13.1. The quantitative estimate of drug-likeness (QED) is 0.691. The number of amides is 1. The van der Waals surface area contributed by atoms with Gasteiger partial charge in [-0.2, -0.15) is 0 Å². The van der Waals surface area contributed by atoms with Crippen LogP contribution in [0.3, 0.4) is 0 Å². The number of anilines is 1. The zero-order chi connectivity index (χ0) is 15.7.